The van der Waals surface area contributed by atoms with Crippen LogP contribution in [0.4, 0.5) is 8.78 Å². The van der Waals surface area contributed by atoms with Gasteiger partial charge in [-0.3, -0.25) is 9.78 Å². The summed E-state index contributed by atoms with van der Waals surface area (Å²) in [5, 5.41) is 0. The van der Waals surface area contributed by atoms with Gasteiger partial charge in [0.15, 0.2) is 0 Å². The molecule has 1 rings (SSSR count). The van der Waals surface area contributed by atoms with Crippen molar-refractivity contribution in [3.05, 3.63) is 26.6 Å². The number of aromatic nitrogens is 1. The van der Waals surface area contributed by atoms with Crippen LogP contribution in [0.1, 0.15) is 23.2 Å². The predicted octanol–water partition coefficient (Wildman–Crippen LogP) is 3.08. The zero-order valence-corrected chi connectivity index (χ0v) is 11.8. The van der Waals surface area contributed by atoms with Gasteiger partial charge in [0.25, 0.3) is 6.43 Å². The van der Waals surface area contributed by atoms with Crippen LogP contribution in [0, 0.1) is 3.57 Å². The highest BCUT2D eigenvalue weighted by Crippen LogP contribution is 2.30. The van der Waals surface area contributed by atoms with Gasteiger partial charge in [0.1, 0.15) is 0 Å². The van der Waals surface area contributed by atoms with Crippen molar-refractivity contribution >= 4 is 40.2 Å². The number of nitrogens with zero attached hydrogens (tertiary/aromatic N) is 1. The van der Waals surface area contributed by atoms with E-state index in [9.17, 15) is 13.6 Å². The highest BCUT2D eigenvalue weighted by molar-refractivity contribution is 14.1. The van der Waals surface area contributed by atoms with Crippen LogP contribution in [-0.4, -0.2) is 18.1 Å². The van der Waals surface area contributed by atoms with Crippen molar-refractivity contribution in [2.75, 3.05) is 7.11 Å². The van der Waals surface area contributed by atoms with Crippen LogP contribution in [0.25, 0.3) is 0 Å². The lowest BCUT2D eigenvalue weighted by molar-refractivity contribution is -0.139. The Balaban J connectivity index is 3.28. The second-order valence-corrected chi connectivity index (χ2v) is 4.56. The summed E-state index contributed by atoms with van der Waals surface area (Å²) in [6.45, 7) is 0. The monoisotopic (exact) mass is 375 g/mol. The Bertz CT molecular complexity index is 429. The summed E-state index contributed by atoms with van der Waals surface area (Å²) < 4.78 is 30.9. The van der Waals surface area contributed by atoms with E-state index >= 15 is 0 Å². The molecule has 0 aliphatic carbocycles. The maximum absolute atomic E-state index is 13.0. The molecule has 1 aromatic rings. The zero-order valence-electron chi connectivity index (χ0n) is 8.84. The number of halogens is 4. The zero-order chi connectivity index (χ0) is 13.0. The third-order valence-electron chi connectivity index (χ3n) is 2.15. The molecular weight excluding hydrogens is 366 g/mol. The third kappa shape index (κ3) is 3.48. The van der Waals surface area contributed by atoms with Crippen molar-refractivity contribution in [1.82, 2.24) is 4.98 Å². The van der Waals surface area contributed by atoms with E-state index in [1.807, 2.05) is 22.6 Å². The summed E-state index contributed by atoms with van der Waals surface area (Å²) >= 11 is 7.41. The molecule has 94 valence electrons. The summed E-state index contributed by atoms with van der Waals surface area (Å²) in [6.07, 6.45) is -1.51. The molecule has 0 saturated heterocycles. The van der Waals surface area contributed by atoms with E-state index in [0.29, 0.717) is 3.57 Å². The average molecular weight is 376 g/mol. The van der Waals surface area contributed by atoms with E-state index in [1.54, 1.807) is 0 Å². The van der Waals surface area contributed by atoms with Gasteiger partial charge in [-0.1, -0.05) is 0 Å². The number of alkyl halides is 3. The molecule has 0 spiro atoms. The second-order valence-electron chi connectivity index (χ2n) is 3.13. The van der Waals surface area contributed by atoms with Crippen molar-refractivity contribution in [1.29, 1.82) is 0 Å². The summed E-state index contributed by atoms with van der Waals surface area (Å²) in [6, 6.07) is 0. The minimum absolute atomic E-state index is 0.0981. The highest BCUT2D eigenvalue weighted by Gasteiger charge is 2.22. The van der Waals surface area contributed by atoms with Crippen LogP contribution in [0.5, 0.6) is 0 Å². The molecule has 0 radical (unpaired) electrons. The van der Waals surface area contributed by atoms with Crippen molar-refractivity contribution in [3.63, 3.8) is 0 Å². The van der Waals surface area contributed by atoms with Gasteiger partial charge in [-0.15, -0.1) is 11.6 Å². The van der Waals surface area contributed by atoms with Gasteiger partial charge < -0.3 is 4.74 Å². The molecule has 17 heavy (non-hydrogen) atoms. The fourth-order valence-electron chi connectivity index (χ4n) is 1.35. The Hall–Kier alpha value is -0.500. The molecule has 0 aliphatic rings. The van der Waals surface area contributed by atoms with E-state index in [1.165, 1.54) is 13.3 Å². The van der Waals surface area contributed by atoms with Gasteiger partial charge in [0.05, 0.1) is 25.1 Å². The first kappa shape index (κ1) is 14.6. The average Bonchev–Trinajstić information content (AvgIpc) is 2.30. The van der Waals surface area contributed by atoms with Crippen LogP contribution < -0.4 is 0 Å². The molecule has 0 bridgehead atoms. The first-order valence-corrected chi connectivity index (χ1v) is 6.19. The summed E-state index contributed by atoms with van der Waals surface area (Å²) in [5.41, 5.74) is 0.0661. The number of hydrogen-bond acceptors (Lipinski definition) is 3. The van der Waals surface area contributed by atoms with E-state index in [2.05, 4.69) is 9.72 Å². The molecule has 0 N–H and O–H groups in total. The van der Waals surface area contributed by atoms with Gasteiger partial charge in [-0.25, -0.2) is 8.78 Å². The van der Waals surface area contributed by atoms with Gasteiger partial charge in [-0.05, 0) is 28.2 Å². The number of carbonyl (C=O) groups excluding carboxylic acids is 1. The number of esters is 1. The predicted molar refractivity (Wildman–Crippen MR) is 67.2 cm³/mol. The minimum Gasteiger partial charge on any atom is -0.469 e. The number of pyridine rings is 1. The lowest BCUT2D eigenvalue weighted by Crippen LogP contribution is -2.11. The Morgan fingerprint density at radius 3 is 2.76 bits per heavy atom. The molecule has 7 heteroatoms. The smallest absolute Gasteiger partial charge is 0.310 e. The van der Waals surface area contributed by atoms with Crippen LogP contribution >= 0.6 is 34.2 Å². The van der Waals surface area contributed by atoms with E-state index in [-0.39, 0.29) is 29.1 Å². The normalized spacial score (nSPS) is 10.7. The topological polar surface area (TPSA) is 39.2 Å². The third-order valence-corrected chi connectivity index (χ3v) is 3.33. The van der Waals surface area contributed by atoms with E-state index in [0.717, 1.165) is 0 Å². The second kappa shape index (κ2) is 6.44. The van der Waals surface area contributed by atoms with Gasteiger partial charge >= 0.3 is 5.97 Å². The summed E-state index contributed by atoms with van der Waals surface area (Å²) in [7, 11) is 1.21. The van der Waals surface area contributed by atoms with Crippen molar-refractivity contribution in [2.24, 2.45) is 0 Å². The Labute approximate surface area is 116 Å². The first-order chi connectivity index (χ1) is 8.01. The molecule has 0 aromatic carbocycles. The lowest BCUT2D eigenvalue weighted by Gasteiger charge is -2.13. The van der Waals surface area contributed by atoms with E-state index < -0.39 is 12.4 Å². The van der Waals surface area contributed by atoms with Crippen LogP contribution in [0.15, 0.2) is 6.20 Å². The maximum atomic E-state index is 13.0. The summed E-state index contributed by atoms with van der Waals surface area (Å²) in [5.74, 6) is -0.693. The van der Waals surface area contributed by atoms with Crippen molar-refractivity contribution < 1.29 is 18.3 Å². The number of rotatable bonds is 4. The molecule has 0 amide bonds. The number of carbonyl (C=O) groups is 1. The Morgan fingerprint density at radius 2 is 2.29 bits per heavy atom. The Morgan fingerprint density at radius 1 is 1.65 bits per heavy atom. The van der Waals surface area contributed by atoms with Gasteiger partial charge in [0, 0.05) is 15.3 Å². The maximum Gasteiger partial charge on any atom is 0.310 e. The standard InChI is InChI=1S/C10H9ClF2INO2/c1-17-8(16)2-5-6(14)4-15-7(3-11)9(5)10(12)13/h4,10H,2-3H2,1H3. The quantitative estimate of drug-likeness (QED) is 0.461. The van der Waals surface area contributed by atoms with Crippen LogP contribution in [-0.2, 0) is 21.8 Å². The number of methoxy groups -OCH3 is 1. The van der Waals surface area contributed by atoms with Crippen LogP contribution in [0.2, 0.25) is 0 Å². The summed E-state index contributed by atoms with van der Waals surface area (Å²) in [4.78, 5) is 15.0. The Kier molecular flexibility index (Phi) is 5.51. The molecule has 0 saturated carbocycles. The molecule has 3 nitrogen and oxygen atoms in total. The van der Waals surface area contributed by atoms with Gasteiger partial charge in [-0.2, -0.15) is 0 Å². The molecule has 0 fully saturated rings. The molecule has 0 unspecified atom stereocenters. The van der Waals surface area contributed by atoms with Crippen LogP contribution in [0.3, 0.4) is 0 Å². The van der Waals surface area contributed by atoms with E-state index in [4.69, 9.17) is 11.6 Å². The minimum atomic E-state index is -2.72. The fourth-order valence-corrected chi connectivity index (χ4v) is 2.18. The fraction of sp³-hybridized carbons (Fsp3) is 0.400. The van der Waals surface area contributed by atoms with Gasteiger partial charge in [0.2, 0.25) is 0 Å². The highest BCUT2D eigenvalue weighted by atomic mass is 127. The molecule has 1 aromatic heterocycles. The van der Waals surface area contributed by atoms with Crippen molar-refractivity contribution in [3.8, 4) is 0 Å². The van der Waals surface area contributed by atoms with Crippen molar-refractivity contribution in [2.45, 2.75) is 18.7 Å². The number of ether oxygens (including phenoxy) is 1. The lowest BCUT2D eigenvalue weighted by atomic mass is 10.0. The molecule has 0 atom stereocenters. The molecule has 1 heterocycles. The SMILES string of the molecule is COC(=O)Cc1c(I)cnc(CCl)c1C(F)F. The first-order valence-electron chi connectivity index (χ1n) is 4.58. The molecular formula is C10H9ClF2INO2. The number of hydrogen-bond donors (Lipinski definition) is 0. The molecule has 0 aliphatic heterocycles. The largest absolute Gasteiger partial charge is 0.469 e.